The lowest BCUT2D eigenvalue weighted by molar-refractivity contribution is -0.123. The van der Waals surface area contributed by atoms with Crippen molar-refractivity contribution in [3.63, 3.8) is 0 Å². The minimum atomic E-state index is -0.614. The standard InChI is InChI=1S/C16H15F2N3.C6H12.C6H14.C5H11NO.C3H6O.C2H6/c1-2-3-9-4-5-14(19)21-15(9)12-8-20-16-11(12)6-10(17)7-13(16)18;1-2-4-6-5-3-1;1-3-5-6-4-2;1-4(2)5(7)6-3;1-3(2)4;1-2/h4-8,20H,2-3H2,1H3,(H2,19,21);1-6H2;3-6H2,1-2H3;4H,1-3H3,(H,6,7);1-2H3;1-2H3. The van der Waals surface area contributed by atoms with Gasteiger partial charge < -0.3 is 20.8 Å². The average Bonchev–Trinajstić information content (AvgIpc) is 3.47. The van der Waals surface area contributed by atoms with Gasteiger partial charge in [-0.05, 0) is 38.0 Å². The van der Waals surface area contributed by atoms with Gasteiger partial charge >= 0.3 is 0 Å². The van der Waals surface area contributed by atoms with E-state index in [0.717, 1.165) is 24.5 Å². The van der Waals surface area contributed by atoms with E-state index < -0.39 is 11.6 Å². The zero-order valence-electron chi connectivity index (χ0n) is 30.5. The molecule has 2 heterocycles. The van der Waals surface area contributed by atoms with Crippen LogP contribution in [0.1, 0.15) is 139 Å². The van der Waals surface area contributed by atoms with Gasteiger partial charge in [-0.25, -0.2) is 13.8 Å². The Balaban J connectivity index is 0. The van der Waals surface area contributed by atoms with E-state index in [1.807, 2.05) is 33.8 Å². The Kier molecular flexibility index (Phi) is 27.3. The van der Waals surface area contributed by atoms with Gasteiger partial charge in [0.1, 0.15) is 23.2 Å². The molecule has 4 rings (SSSR count). The normalized spacial score (nSPS) is 11.5. The van der Waals surface area contributed by atoms with Gasteiger partial charge in [0.05, 0.1) is 11.2 Å². The van der Waals surface area contributed by atoms with Crippen LogP contribution in [0.15, 0.2) is 30.5 Å². The van der Waals surface area contributed by atoms with E-state index in [1.54, 1.807) is 19.3 Å². The third-order valence-electron chi connectivity index (χ3n) is 6.71. The third-order valence-corrected chi connectivity index (χ3v) is 6.71. The molecule has 1 amide bonds. The summed E-state index contributed by atoms with van der Waals surface area (Å²) in [5.74, 6) is -0.458. The van der Waals surface area contributed by atoms with Crippen molar-refractivity contribution in [1.82, 2.24) is 15.3 Å². The fourth-order valence-electron chi connectivity index (χ4n) is 4.41. The fraction of sp³-hybridized carbons (Fsp3) is 0.605. The Morgan fingerprint density at radius 3 is 1.80 bits per heavy atom. The number of ketones is 1. The van der Waals surface area contributed by atoms with Crippen LogP contribution in [0.3, 0.4) is 0 Å². The van der Waals surface area contributed by atoms with E-state index >= 15 is 0 Å². The van der Waals surface area contributed by atoms with Gasteiger partial charge in [-0.2, -0.15) is 0 Å². The molecule has 4 N–H and O–H groups in total. The summed E-state index contributed by atoms with van der Waals surface area (Å²) in [4.78, 5) is 27.0. The summed E-state index contributed by atoms with van der Waals surface area (Å²) in [6.45, 7) is 17.3. The van der Waals surface area contributed by atoms with Crippen LogP contribution in [-0.4, -0.2) is 28.7 Å². The largest absolute Gasteiger partial charge is 0.384 e. The van der Waals surface area contributed by atoms with Crippen LogP contribution in [0.4, 0.5) is 14.6 Å². The fourth-order valence-corrected chi connectivity index (χ4v) is 4.41. The summed E-state index contributed by atoms with van der Waals surface area (Å²) in [5.41, 5.74) is 8.39. The van der Waals surface area contributed by atoms with Gasteiger partial charge in [0.15, 0.2) is 0 Å². The number of nitrogens with two attached hydrogens (primary N) is 1. The van der Waals surface area contributed by atoms with Crippen LogP contribution < -0.4 is 11.1 Å². The average molecular weight is 647 g/mol. The number of rotatable bonds is 7. The van der Waals surface area contributed by atoms with Crippen molar-refractivity contribution < 1.29 is 18.4 Å². The van der Waals surface area contributed by atoms with Crippen LogP contribution in [0.2, 0.25) is 0 Å². The maximum atomic E-state index is 13.8. The summed E-state index contributed by atoms with van der Waals surface area (Å²) in [7, 11) is 1.64. The highest BCUT2D eigenvalue weighted by atomic mass is 19.1. The molecule has 1 fully saturated rings. The topological polar surface area (TPSA) is 101 Å². The summed E-state index contributed by atoms with van der Waals surface area (Å²) < 4.78 is 27.3. The van der Waals surface area contributed by atoms with Crippen LogP contribution in [0.5, 0.6) is 0 Å². The predicted octanol–water partition coefficient (Wildman–Crippen LogP) is 11.0. The number of nitrogens with one attached hydrogen (secondary N) is 2. The molecule has 3 aromatic rings. The molecule has 46 heavy (non-hydrogen) atoms. The van der Waals surface area contributed by atoms with E-state index in [2.05, 4.69) is 36.1 Å². The van der Waals surface area contributed by atoms with Crippen LogP contribution in [0.25, 0.3) is 22.2 Å². The first-order valence-electron chi connectivity index (χ1n) is 17.3. The minimum Gasteiger partial charge on any atom is -0.384 e. The molecular formula is C38H64F2N4O2. The molecule has 2 aromatic heterocycles. The zero-order chi connectivity index (χ0) is 35.5. The van der Waals surface area contributed by atoms with Crippen molar-refractivity contribution in [2.24, 2.45) is 5.92 Å². The second-order valence-corrected chi connectivity index (χ2v) is 11.5. The first kappa shape index (κ1) is 44.8. The minimum absolute atomic E-state index is 0.0972. The van der Waals surface area contributed by atoms with E-state index in [0.29, 0.717) is 22.5 Å². The SMILES string of the molecule is C1CCCCC1.CC.CC(C)=O.CCCCCC.CCCc1ccc(N)nc1-c1c[nH]c2c(F)cc(F)cc12.CNC(=O)C(C)C. The molecule has 0 spiro atoms. The van der Waals surface area contributed by atoms with E-state index in [-0.39, 0.29) is 23.1 Å². The van der Waals surface area contributed by atoms with Crippen LogP contribution in [0, 0.1) is 17.6 Å². The van der Waals surface area contributed by atoms with Gasteiger partial charge in [-0.15, -0.1) is 0 Å². The number of nitrogen functional groups attached to an aromatic ring is 1. The van der Waals surface area contributed by atoms with Crippen molar-refractivity contribution in [2.45, 2.75) is 139 Å². The van der Waals surface area contributed by atoms with Crippen LogP contribution >= 0.6 is 0 Å². The molecule has 1 saturated carbocycles. The monoisotopic (exact) mass is 646 g/mol. The number of hydrogen-bond donors (Lipinski definition) is 3. The Morgan fingerprint density at radius 1 is 0.913 bits per heavy atom. The number of halogens is 2. The number of amides is 1. The highest BCUT2D eigenvalue weighted by molar-refractivity contribution is 5.95. The van der Waals surface area contributed by atoms with Crippen molar-refractivity contribution in [3.8, 4) is 11.3 Å². The number of fused-ring (bicyclic) bond motifs is 1. The lowest BCUT2D eigenvalue weighted by Gasteiger charge is -2.08. The van der Waals surface area contributed by atoms with E-state index in [4.69, 9.17) is 5.73 Å². The number of carbonyl (C=O) groups is 2. The van der Waals surface area contributed by atoms with Crippen molar-refractivity contribution in [2.75, 3.05) is 12.8 Å². The van der Waals surface area contributed by atoms with Crippen molar-refractivity contribution >= 4 is 28.4 Å². The molecule has 0 radical (unpaired) electrons. The molecule has 8 heteroatoms. The number of carbonyl (C=O) groups excluding carboxylic acids is 2. The number of pyridine rings is 1. The summed E-state index contributed by atoms with van der Waals surface area (Å²) in [6, 6.07) is 5.83. The summed E-state index contributed by atoms with van der Waals surface area (Å²) >= 11 is 0. The number of aromatic amines is 1. The molecule has 262 valence electrons. The molecule has 0 unspecified atom stereocenters. The van der Waals surface area contributed by atoms with Gasteiger partial charge in [-0.1, -0.05) is 125 Å². The maximum absolute atomic E-state index is 13.8. The summed E-state index contributed by atoms with van der Waals surface area (Å²) in [6.07, 6.45) is 18.0. The lowest BCUT2D eigenvalue weighted by atomic mass is 10.0. The molecule has 0 saturated heterocycles. The molecule has 1 aliphatic rings. The maximum Gasteiger partial charge on any atom is 0.222 e. The molecule has 0 aliphatic heterocycles. The van der Waals surface area contributed by atoms with Gasteiger partial charge in [0.2, 0.25) is 5.91 Å². The molecule has 1 aliphatic carbocycles. The number of aryl methyl sites for hydroxylation is 1. The number of nitrogens with zero attached hydrogens (tertiary/aromatic N) is 1. The smallest absolute Gasteiger partial charge is 0.222 e. The molecule has 6 nitrogen and oxygen atoms in total. The number of aromatic nitrogens is 2. The number of H-pyrrole nitrogens is 1. The van der Waals surface area contributed by atoms with Crippen molar-refractivity contribution in [1.29, 1.82) is 0 Å². The van der Waals surface area contributed by atoms with Crippen LogP contribution in [-0.2, 0) is 16.0 Å². The van der Waals surface area contributed by atoms with Gasteiger partial charge in [0, 0.05) is 36.2 Å². The number of benzene rings is 1. The molecule has 1 aromatic carbocycles. The van der Waals surface area contributed by atoms with E-state index in [9.17, 15) is 18.4 Å². The number of hydrogen-bond acceptors (Lipinski definition) is 4. The van der Waals surface area contributed by atoms with Crippen molar-refractivity contribution in [3.05, 3.63) is 47.7 Å². The second-order valence-electron chi connectivity index (χ2n) is 11.5. The third kappa shape index (κ3) is 20.0. The quantitative estimate of drug-likeness (QED) is 0.222. The molecule has 0 atom stereocenters. The Morgan fingerprint density at radius 2 is 1.41 bits per heavy atom. The number of Topliss-reactive ketones (excluding diaryl/α,β-unsaturated/α-hetero) is 1. The first-order chi connectivity index (χ1) is 21.9. The highest BCUT2D eigenvalue weighted by Crippen LogP contribution is 2.32. The Labute approximate surface area is 278 Å². The number of anilines is 1. The zero-order valence-corrected chi connectivity index (χ0v) is 30.5. The first-order valence-corrected chi connectivity index (χ1v) is 17.3. The second kappa shape index (κ2) is 28.0. The highest BCUT2D eigenvalue weighted by Gasteiger charge is 2.15. The predicted molar refractivity (Wildman–Crippen MR) is 194 cm³/mol. The lowest BCUT2D eigenvalue weighted by Crippen LogP contribution is -2.22. The molecular weight excluding hydrogens is 582 g/mol. The van der Waals surface area contributed by atoms with E-state index in [1.165, 1.54) is 84.1 Å². The number of unbranched alkanes of at least 4 members (excludes halogenated alkanes) is 3. The Bertz CT molecular complexity index is 1200. The Hall–Kier alpha value is -3.29. The molecule has 0 bridgehead atoms. The van der Waals surface area contributed by atoms with Gasteiger partial charge in [0.25, 0.3) is 0 Å². The van der Waals surface area contributed by atoms with Gasteiger partial charge in [-0.3, -0.25) is 4.79 Å². The summed E-state index contributed by atoms with van der Waals surface area (Å²) in [5, 5.41) is 3.00.